The second kappa shape index (κ2) is 10.1. The molecule has 5 nitrogen and oxygen atoms in total. The Morgan fingerprint density at radius 2 is 1.86 bits per heavy atom. The van der Waals surface area contributed by atoms with Gasteiger partial charge in [-0.3, -0.25) is 9.59 Å². The topological polar surface area (TPSA) is 58.6 Å². The maximum Gasteiger partial charge on any atom is 0.251 e. The van der Waals surface area contributed by atoms with E-state index in [4.69, 9.17) is 16.3 Å². The van der Waals surface area contributed by atoms with Gasteiger partial charge in [-0.2, -0.15) is 0 Å². The average Bonchev–Trinajstić information content (AvgIpc) is 3.21. The molecule has 2 aliphatic rings. The van der Waals surface area contributed by atoms with E-state index in [1.165, 1.54) is 12.8 Å². The number of carbonyl (C=O) groups is 2. The van der Waals surface area contributed by atoms with E-state index in [1.54, 1.807) is 24.3 Å². The van der Waals surface area contributed by atoms with Gasteiger partial charge >= 0.3 is 0 Å². The van der Waals surface area contributed by atoms with E-state index < -0.39 is 0 Å². The molecule has 2 amide bonds. The second-order valence-electron chi connectivity index (χ2n) is 8.35. The van der Waals surface area contributed by atoms with Crippen LogP contribution in [-0.4, -0.2) is 41.9 Å². The molecule has 2 fully saturated rings. The van der Waals surface area contributed by atoms with E-state index in [9.17, 15) is 9.59 Å². The van der Waals surface area contributed by atoms with Crippen molar-refractivity contribution in [3.05, 3.63) is 40.9 Å². The monoisotopic (exact) mass is 418 g/mol. The molecule has 0 bridgehead atoms. The molecule has 0 spiro atoms. The number of nitrogens with one attached hydrogen (secondary N) is 1. The Morgan fingerprint density at radius 1 is 1.17 bits per heavy atom. The number of piperidine rings is 1. The summed E-state index contributed by atoms with van der Waals surface area (Å²) in [6.07, 6.45) is 9.60. The van der Waals surface area contributed by atoms with Crippen LogP contribution in [0.15, 0.2) is 30.4 Å². The summed E-state index contributed by atoms with van der Waals surface area (Å²) < 4.78 is 6.06. The number of likely N-dealkylation sites (tertiary alicyclic amines) is 1. The summed E-state index contributed by atoms with van der Waals surface area (Å²) in [4.78, 5) is 26.4. The summed E-state index contributed by atoms with van der Waals surface area (Å²) in [6, 6.07) is 5.49. The van der Waals surface area contributed by atoms with Gasteiger partial charge in [0, 0.05) is 37.5 Å². The van der Waals surface area contributed by atoms with Gasteiger partial charge in [-0.25, -0.2) is 0 Å². The number of carbonyl (C=O) groups excluding carboxylic acids is 2. The Hall–Kier alpha value is -2.01. The highest BCUT2D eigenvalue weighted by Crippen LogP contribution is 2.29. The standard InChI is InChI=1S/C23H31ClN2O3/c1-16(2)7-10-22(27)26-13-11-19(12-14-26)29-21-9-8-17(15-20(21)24)23(28)25-18-5-3-4-6-18/h7-10,15-16,18-19H,3-6,11-14H2,1-2H3,(H,25,28). The Labute approximate surface area is 178 Å². The van der Waals surface area contributed by atoms with Crippen molar-refractivity contribution in [2.24, 2.45) is 5.92 Å². The van der Waals surface area contributed by atoms with Crippen molar-refractivity contribution >= 4 is 23.4 Å². The highest BCUT2D eigenvalue weighted by atomic mass is 35.5. The molecule has 1 N–H and O–H groups in total. The van der Waals surface area contributed by atoms with E-state index in [2.05, 4.69) is 19.2 Å². The first-order chi connectivity index (χ1) is 13.9. The number of ether oxygens (including phenoxy) is 1. The van der Waals surface area contributed by atoms with E-state index in [0.717, 1.165) is 25.7 Å². The van der Waals surface area contributed by atoms with E-state index in [1.807, 2.05) is 11.0 Å². The molecule has 3 rings (SSSR count). The minimum atomic E-state index is -0.0772. The summed E-state index contributed by atoms with van der Waals surface area (Å²) in [5, 5.41) is 3.52. The number of hydrogen-bond donors (Lipinski definition) is 1. The van der Waals surface area contributed by atoms with E-state index in [-0.39, 0.29) is 24.0 Å². The largest absolute Gasteiger partial charge is 0.489 e. The smallest absolute Gasteiger partial charge is 0.251 e. The zero-order valence-corrected chi connectivity index (χ0v) is 18.1. The zero-order chi connectivity index (χ0) is 20.8. The zero-order valence-electron chi connectivity index (χ0n) is 17.3. The molecule has 0 unspecified atom stereocenters. The molecule has 0 atom stereocenters. The minimum absolute atomic E-state index is 0.0174. The fourth-order valence-electron chi connectivity index (χ4n) is 3.83. The fraction of sp³-hybridized carbons (Fsp3) is 0.565. The number of nitrogens with zero attached hydrogens (tertiary/aromatic N) is 1. The third-order valence-corrected chi connectivity index (χ3v) is 5.85. The lowest BCUT2D eigenvalue weighted by Crippen LogP contribution is -2.41. The number of benzene rings is 1. The number of rotatable bonds is 6. The van der Waals surface area contributed by atoms with Crippen molar-refractivity contribution in [3.63, 3.8) is 0 Å². The molecule has 1 saturated carbocycles. The number of amides is 2. The molecular weight excluding hydrogens is 388 g/mol. The van der Waals surface area contributed by atoms with Gasteiger partial charge in [0.1, 0.15) is 11.9 Å². The lowest BCUT2D eigenvalue weighted by Gasteiger charge is -2.31. The molecule has 1 aliphatic carbocycles. The molecule has 1 aromatic rings. The summed E-state index contributed by atoms with van der Waals surface area (Å²) in [5.74, 6) is 0.943. The van der Waals surface area contributed by atoms with Crippen LogP contribution in [0.1, 0.15) is 62.7 Å². The van der Waals surface area contributed by atoms with Crippen LogP contribution in [0.5, 0.6) is 5.75 Å². The van der Waals surface area contributed by atoms with Crippen LogP contribution in [0.4, 0.5) is 0 Å². The molecule has 1 aromatic carbocycles. The first-order valence-electron chi connectivity index (χ1n) is 10.7. The molecule has 1 heterocycles. The first-order valence-corrected chi connectivity index (χ1v) is 11.0. The number of allylic oxidation sites excluding steroid dienone is 1. The predicted octanol–water partition coefficient (Wildman–Crippen LogP) is 4.59. The predicted molar refractivity (Wildman–Crippen MR) is 115 cm³/mol. The third-order valence-electron chi connectivity index (χ3n) is 5.56. The van der Waals surface area contributed by atoms with Crippen molar-refractivity contribution in [1.29, 1.82) is 0 Å². The van der Waals surface area contributed by atoms with Crippen LogP contribution in [0.2, 0.25) is 5.02 Å². The van der Waals surface area contributed by atoms with E-state index in [0.29, 0.717) is 35.3 Å². The van der Waals surface area contributed by atoms with Gasteiger partial charge in [0.05, 0.1) is 5.02 Å². The van der Waals surface area contributed by atoms with Gasteiger partial charge in [-0.1, -0.05) is 44.4 Å². The molecule has 6 heteroatoms. The third kappa shape index (κ3) is 6.23. The molecular formula is C23H31ClN2O3. The molecule has 158 valence electrons. The van der Waals surface area contributed by atoms with Crippen molar-refractivity contribution in [2.45, 2.75) is 64.5 Å². The van der Waals surface area contributed by atoms with E-state index >= 15 is 0 Å². The molecule has 0 aromatic heterocycles. The van der Waals surface area contributed by atoms with Gasteiger partial charge in [-0.05, 0) is 43.0 Å². The number of hydrogen-bond acceptors (Lipinski definition) is 3. The van der Waals surface area contributed by atoms with Crippen molar-refractivity contribution in [3.8, 4) is 5.75 Å². The normalized spacial score (nSPS) is 18.6. The first kappa shape index (κ1) is 21.7. The maximum absolute atomic E-state index is 12.4. The van der Waals surface area contributed by atoms with Gasteiger partial charge in [-0.15, -0.1) is 0 Å². The molecule has 0 radical (unpaired) electrons. The Kier molecular flexibility index (Phi) is 7.59. The second-order valence-corrected chi connectivity index (χ2v) is 8.75. The summed E-state index contributed by atoms with van der Waals surface area (Å²) >= 11 is 6.38. The van der Waals surface area contributed by atoms with Crippen LogP contribution in [0.25, 0.3) is 0 Å². The van der Waals surface area contributed by atoms with Crippen molar-refractivity contribution < 1.29 is 14.3 Å². The molecule has 1 saturated heterocycles. The van der Waals surface area contributed by atoms with Crippen LogP contribution < -0.4 is 10.1 Å². The summed E-state index contributed by atoms with van der Waals surface area (Å²) in [6.45, 7) is 5.45. The van der Waals surface area contributed by atoms with Gasteiger partial charge in [0.25, 0.3) is 5.91 Å². The highest BCUT2D eigenvalue weighted by molar-refractivity contribution is 6.32. The van der Waals surface area contributed by atoms with Crippen LogP contribution >= 0.6 is 11.6 Å². The lowest BCUT2D eigenvalue weighted by molar-refractivity contribution is -0.127. The Bertz CT molecular complexity index is 748. The summed E-state index contributed by atoms with van der Waals surface area (Å²) in [5.41, 5.74) is 0.562. The SMILES string of the molecule is CC(C)C=CC(=O)N1CCC(Oc2ccc(C(=O)NC3CCCC3)cc2Cl)CC1. The molecule has 1 aliphatic heterocycles. The minimum Gasteiger partial charge on any atom is -0.489 e. The Morgan fingerprint density at radius 3 is 2.48 bits per heavy atom. The lowest BCUT2D eigenvalue weighted by atomic mass is 10.1. The fourth-order valence-corrected chi connectivity index (χ4v) is 4.06. The van der Waals surface area contributed by atoms with Gasteiger partial charge in [0.15, 0.2) is 0 Å². The van der Waals surface area contributed by atoms with Crippen LogP contribution in [0, 0.1) is 5.92 Å². The number of halogens is 1. The summed E-state index contributed by atoms with van der Waals surface area (Å²) in [7, 11) is 0. The van der Waals surface area contributed by atoms with Crippen LogP contribution in [-0.2, 0) is 4.79 Å². The average molecular weight is 419 g/mol. The highest BCUT2D eigenvalue weighted by Gasteiger charge is 2.24. The quantitative estimate of drug-likeness (QED) is 0.687. The maximum atomic E-state index is 12.4. The van der Waals surface area contributed by atoms with Crippen LogP contribution in [0.3, 0.4) is 0 Å². The van der Waals surface area contributed by atoms with Gasteiger partial charge in [0.2, 0.25) is 5.91 Å². The van der Waals surface area contributed by atoms with Gasteiger partial charge < -0.3 is 15.0 Å². The van der Waals surface area contributed by atoms with Crippen molar-refractivity contribution in [1.82, 2.24) is 10.2 Å². The Balaban J connectivity index is 1.51. The van der Waals surface area contributed by atoms with Crippen molar-refractivity contribution in [2.75, 3.05) is 13.1 Å². The molecule has 29 heavy (non-hydrogen) atoms.